The molecule has 1 saturated carbocycles. The minimum absolute atomic E-state index is 0.0714. The Morgan fingerprint density at radius 2 is 2.12 bits per heavy atom. The van der Waals surface area contributed by atoms with Crippen molar-refractivity contribution in [1.29, 1.82) is 0 Å². The molecule has 4 rings (SSSR count). The lowest BCUT2D eigenvalue weighted by Gasteiger charge is -2.10. The summed E-state index contributed by atoms with van der Waals surface area (Å²) in [4.78, 5) is 16.5. The molecule has 1 N–H and O–H groups in total. The van der Waals surface area contributed by atoms with Crippen molar-refractivity contribution in [1.82, 2.24) is 9.38 Å². The van der Waals surface area contributed by atoms with Gasteiger partial charge in [0, 0.05) is 9.49 Å². The predicted molar refractivity (Wildman–Crippen MR) is 110 cm³/mol. The van der Waals surface area contributed by atoms with Crippen LogP contribution < -0.4 is 10.1 Å². The van der Waals surface area contributed by atoms with Crippen molar-refractivity contribution in [3.05, 3.63) is 56.9 Å². The van der Waals surface area contributed by atoms with Crippen LogP contribution in [0, 0.1) is 23.3 Å². The number of rotatable bonds is 5. The monoisotopic (exact) mass is 461 g/mol. The van der Waals surface area contributed by atoms with Gasteiger partial charge in [-0.15, -0.1) is 0 Å². The molecular formula is C20H20IN3O2. The Bertz CT molecular complexity index is 992. The van der Waals surface area contributed by atoms with Crippen LogP contribution in [0.2, 0.25) is 0 Å². The molecule has 0 bridgehead atoms. The van der Waals surface area contributed by atoms with E-state index in [0.29, 0.717) is 12.4 Å². The summed E-state index contributed by atoms with van der Waals surface area (Å²) in [5, 5.41) is 2.94. The zero-order valence-corrected chi connectivity index (χ0v) is 16.9. The smallest absolute Gasteiger partial charge is 0.228 e. The van der Waals surface area contributed by atoms with Gasteiger partial charge in [-0.05, 0) is 84.7 Å². The number of carbonyl (C=O) groups excluding carboxylic acids is 1. The van der Waals surface area contributed by atoms with Gasteiger partial charge in [-0.1, -0.05) is 6.07 Å². The third kappa shape index (κ3) is 3.56. The van der Waals surface area contributed by atoms with E-state index in [2.05, 4.69) is 58.0 Å². The standard InChI is InChI=1S/C20H20IN3O2/c1-12-9-16(21)6-5-15(12)11-26-17-7-8-18-22-19(13(2)24(18)10-17)23-20(25)14-3-4-14/h5-10,14H,3-4,11H2,1-2H3,(H,23,25). The van der Waals surface area contributed by atoms with E-state index >= 15 is 0 Å². The summed E-state index contributed by atoms with van der Waals surface area (Å²) in [6, 6.07) is 10.2. The second kappa shape index (κ2) is 6.90. The molecule has 1 aliphatic carbocycles. The highest BCUT2D eigenvalue weighted by Gasteiger charge is 2.30. The number of hydrogen-bond donors (Lipinski definition) is 1. The molecule has 1 aliphatic rings. The van der Waals surface area contributed by atoms with E-state index < -0.39 is 0 Å². The van der Waals surface area contributed by atoms with E-state index in [0.717, 1.165) is 29.9 Å². The maximum atomic E-state index is 12.0. The number of benzene rings is 1. The number of aromatic nitrogens is 2. The van der Waals surface area contributed by atoms with E-state index in [1.165, 1.54) is 14.7 Å². The molecule has 5 nitrogen and oxygen atoms in total. The molecule has 0 saturated heterocycles. The minimum Gasteiger partial charge on any atom is -0.487 e. The van der Waals surface area contributed by atoms with Gasteiger partial charge in [-0.3, -0.25) is 9.20 Å². The lowest BCUT2D eigenvalue weighted by molar-refractivity contribution is -0.117. The molecule has 0 spiro atoms. The zero-order chi connectivity index (χ0) is 18.3. The molecule has 134 valence electrons. The zero-order valence-electron chi connectivity index (χ0n) is 14.8. The first-order valence-corrected chi connectivity index (χ1v) is 9.76. The number of nitrogens with zero attached hydrogens (tertiary/aromatic N) is 2. The van der Waals surface area contributed by atoms with Gasteiger partial charge in [0.2, 0.25) is 5.91 Å². The topological polar surface area (TPSA) is 55.6 Å². The largest absolute Gasteiger partial charge is 0.487 e. The van der Waals surface area contributed by atoms with Crippen molar-refractivity contribution >= 4 is 40.0 Å². The first kappa shape index (κ1) is 17.3. The minimum atomic E-state index is 0.0714. The molecular weight excluding hydrogens is 441 g/mol. The number of pyridine rings is 1. The molecule has 2 aromatic heterocycles. The normalized spacial score (nSPS) is 13.8. The number of anilines is 1. The van der Waals surface area contributed by atoms with Crippen LogP contribution in [0.15, 0.2) is 36.5 Å². The number of carbonyl (C=O) groups is 1. The molecule has 0 aliphatic heterocycles. The van der Waals surface area contributed by atoms with Crippen LogP contribution in [-0.2, 0) is 11.4 Å². The van der Waals surface area contributed by atoms with Crippen molar-refractivity contribution in [3.63, 3.8) is 0 Å². The summed E-state index contributed by atoms with van der Waals surface area (Å²) in [5.41, 5.74) is 4.10. The van der Waals surface area contributed by atoms with E-state index in [-0.39, 0.29) is 11.8 Å². The average Bonchev–Trinajstić information content (AvgIpc) is 3.41. The number of imidazole rings is 1. The van der Waals surface area contributed by atoms with Crippen LogP contribution in [0.3, 0.4) is 0 Å². The highest BCUT2D eigenvalue weighted by atomic mass is 127. The fraction of sp³-hybridized carbons (Fsp3) is 0.300. The SMILES string of the molecule is Cc1cc(I)ccc1COc1ccc2nc(NC(=O)C3CC3)c(C)n2c1. The lowest BCUT2D eigenvalue weighted by Crippen LogP contribution is -2.14. The molecule has 2 heterocycles. The van der Waals surface area contributed by atoms with Crippen LogP contribution in [0.25, 0.3) is 5.65 Å². The summed E-state index contributed by atoms with van der Waals surface area (Å²) in [6.07, 6.45) is 3.88. The Kier molecular flexibility index (Phi) is 4.60. The highest BCUT2D eigenvalue weighted by Crippen LogP contribution is 2.31. The molecule has 0 radical (unpaired) electrons. The van der Waals surface area contributed by atoms with Crippen LogP contribution >= 0.6 is 22.6 Å². The summed E-state index contributed by atoms with van der Waals surface area (Å²) >= 11 is 2.31. The van der Waals surface area contributed by atoms with Crippen molar-refractivity contribution in [2.45, 2.75) is 33.3 Å². The fourth-order valence-electron chi connectivity index (χ4n) is 2.89. The number of hydrogen-bond acceptors (Lipinski definition) is 3. The molecule has 26 heavy (non-hydrogen) atoms. The van der Waals surface area contributed by atoms with E-state index in [1.807, 2.05) is 29.7 Å². The Balaban J connectivity index is 1.53. The number of amides is 1. The molecule has 0 atom stereocenters. The Hall–Kier alpha value is -2.09. The third-order valence-electron chi connectivity index (χ3n) is 4.72. The molecule has 6 heteroatoms. The van der Waals surface area contributed by atoms with E-state index in [1.54, 1.807) is 0 Å². The molecule has 3 aromatic rings. The maximum Gasteiger partial charge on any atom is 0.228 e. The van der Waals surface area contributed by atoms with Crippen LogP contribution in [0.4, 0.5) is 5.82 Å². The lowest BCUT2D eigenvalue weighted by atomic mass is 10.1. The molecule has 1 fully saturated rings. The Labute approximate surface area is 165 Å². The number of nitrogens with one attached hydrogen (secondary N) is 1. The molecule has 1 amide bonds. The molecule has 0 unspecified atom stereocenters. The number of fused-ring (bicyclic) bond motifs is 1. The van der Waals surface area contributed by atoms with Crippen LogP contribution in [0.1, 0.15) is 29.7 Å². The number of ether oxygens (including phenoxy) is 1. The quantitative estimate of drug-likeness (QED) is 0.570. The van der Waals surface area contributed by atoms with Gasteiger partial charge in [0.05, 0.1) is 11.9 Å². The predicted octanol–water partition coefficient (Wildman–Crippen LogP) is 4.48. The van der Waals surface area contributed by atoms with Crippen molar-refractivity contribution < 1.29 is 9.53 Å². The van der Waals surface area contributed by atoms with Crippen molar-refractivity contribution in [3.8, 4) is 5.75 Å². The van der Waals surface area contributed by atoms with E-state index in [4.69, 9.17) is 4.74 Å². The van der Waals surface area contributed by atoms with E-state index in [9.17, 15) is 4.79 Å². The van der Waals surface area contributed by atoms with Crippen molar-refractivity contribution in [2.75, 3.05) is 5.32 Å². The Morgan fingerprint density at radius 1 is 1.31 bits per heavy atom. The van der Waals surface area contributed by atoms with Crippen molar-refractivity contribution in [2.24, 2.45) is 5.92 Å². The van der Waals surface area contributed by atoms with Crippen LogP contribution in [0.5, 0.6) is 5.75 Å². The Morgan fingerprint density at radius 3 is 2.85 bits per heavy atom. The first-order chi connectivity index (χ1) is 12.5. The van der Waals surface area contributed by atoms with Gasteiger partial charge in [0.15, 0.2) is 5.82 Å². The highest BCUT2D eigenvalue weighted by molar-refractivity contribution is 14.1. The van der Waals surface area contributed by atoms with Crippen LogP contribution in [-0.4, -0.2) is 15.3 Å². The van der Waals surface area contributed by atoms with Gasteiger partial charge in [-0.2, -0.15) is 0 Å². The summed E-state index contributed by atoms with van der Waals surface area (Å²) in [6.45, 7) is 4.57. The summed E-state index contributed by atoms with van der Waals surface area (Å²) in [7, 11) is 0. The van der Waals surface area contributed by atoms with Gasteiger partial charge in [0.25, 0.3) is 0 Å². The summed E-state index contributed by atoms with van der Waals surface area (Å²) in [5.74, 6) is 1.64. The summed E-state index contributed by atoms with van der Waals surface area (Å²) < 4.78 is 9.16. The second-order valence-corrected chi connectivity index (χ2v) is 8.01. The number of aryl methyl sites for hydroxylation is 2. The third-order valence-corrected chi connectivity index (χ3v) is 5.39. The maximum absolute atomic E-state index is 12.0. The first-order valence-electron chi connectivity index (χ1n) is 8.68. The molecule has 1 aromatic carbocycles. The van der Waals surface area contributed by atoms with Gasteiger partial charge in [-0.25, -0.2) is 4.98 Å². The van der Waals surface area contributed by atoms with Gasteiger partial charge < -0.3 is 10.1 Å². The average molecular weight is 461 g/mol. The van der Waals surface area contributed by atoms with Gasteiger partial charge >= 0.3 is 0 Å². The van der Waals surface area contributed by atoms with Gasteiger partial charge in [0.1, 0.15) is 18.0 Å². The fourth-order valence-corrected chi connectivity index (χ4v) is 3.54. The number of halogens is 1. The second-order valence-electron chi connectivity index (χ2n) is 6.76.